The minimum Gasteiger partial charge on any atom is -0.367 e. The van der Waals surface area contributed by atoms with Gasteiger partial charge in [-0.25, -0.2) is 4.98 Å². The Labute approximate surface area is 130 Å². The van der Waals surface area contributed by atoms with Crippen LogP contribution in [0.2, 0.25) is 0 Å². The summed E-state index contributed by atoms with van der Waals surface area (Å²) in [6, 6.07) is 16.6. The zero-order valence-corrected chi connectivity index (χ0v) is 12.4. The van der Waals surface area contributed by atoms with Crippen molar-refractivity contribution in [2.45, 2.75) is 0 Å². The summed E-state index contributed by atoms with van der Waals surface area (Å²) in [6.07, 6.45) is 3.84. The first-order valence-electron chi connectivity index (χ1n) is 7.66. The number of hydrogen-bond donors (Lipinski definition) is 0. The third-order valence-electron chi connectivity index (χ3n) is 4.19. The number of anilines is 2. The van der Waals surface area contributed by atoms with Gasteiger partial charge in [0.1, 0.15) is 5.82 Å². The van der Waals surface area contributed by atoms with Gasteiger partial charge in [0.2, 0.25) is 0 Å². The molecule has 4 rings (SSSR count). The maximum absolute atomic E-state index is 4.57. The molecule has 4 heteroatoms. The summed E-state index contributed by atoms with van der Waals surface area (Å²) in [5.74, 6) is 1.07. The normalized spacial score (nSPS) is 15.3. The Kier molecular flexibility index (Phi) is 3.35. The first kappa shape index (κ1) is 13.1. The summed E-state index contributed by atoms with van der Waals surface area (Å²) in [5.41, 5.74) is 2.26. The molecule has 1 aliphatic rings. The molecule has 1 saturated heterocycles. The summed E-state index contributed by atoms with van der Waals surface area (Å²) in [4.78, 5) is 13.7. The minimum atomic E-state index is 0.990. The van der Waals surface area contributed by atoms with Gasteiger partial charge in [0, 0.05) is 37.8 Å². The van der Waals surface area contributed by atoms with Gasteiger partial charge in [0.15, 0.2) is 0 Å². The summed E-state index contributed by atoms with van der Waals surface area (Å²) < 4.78 is 0. The molecule has 2 aromatic heterocycles. The lowest BCUT2D eigenvalue weighted by molar-refractivity contribution is 0.647. The Bertz CT molecular complexity index is 764. The Hall–Kier alpha value is -2.62. The molecule has 1 fully saturated rings. The number of rotatable bonds is 2. The van der Waals surface area contributed by atoms with E-state index in [1.54, 1.807) is 0 Å². The van der Waals surface area contributed by atoms with Crippen molar-refractivity contribution in [2.75, 3.05) is 36.0 Å². The van der Waals surface area contributed by atoms with Gasteiger partial charge in [0.05, 0.1) is 17.4 Å². The van der Waals surface area contributed by atoms with Crippen LogP contribution in [0.15, 0.2) is 60.9 Å². The first-order chi connectivity index (χ1) is 10.9. The van der Waals surface area contributed by atoms with E-state index >= 15 is 0 Å². The molecule has 1 aliphatic heterocycles. The first-order valence-corrected chi connectivity index (χ1v) is 7.66. The Balaban J connectivity index is 1.50. The van der Waals surface area contributed by atoms with Crippen LogP contribution in [0.5, 0.6) is 0 Å². The molecule has 0 spiro atoms. The largest absolute Gasteiger partial charge is 0.367 e. The highest BCUT2D eigenvalue weighted by Crippen LogP contribution is 2.22. The molecule has 3 aromatic rings. The average molecular weight is 290 g/mol. The van der Waals surface area contributed by atoms with Crippen molar-refractivity contribution in [2.24, 2.45) is 0 Å². The molecular weight excluding hydrogens is 272 g/mol. The fraction of sp³-hybridized carbons (Fsp3) is 0.222. The van der Waals surface area contributed by atoms with Gasteiger partial charge in [-0.1, -0.05) is 24.3 Å². The lowest BCUT2D eigenvalue weighted by atomic mass is 10.2. The van der Waals surface area contributed by atoms with E-state index < -0.39 is 0 Å². The second kappa shape index (κ2) is 5.64. The highest BCUT2D eigenvalue weighted by molar-refractivity contribution is 5.81. The lowest BCUT2D eigenvalue weighted by Crippen LogP contribution is -2.46. The number of pyridine rings is 2. The highest BCUT2D eigenvalue weighted by atomic mass is 15.3. The van der Waals surface area contributed by atoms with Crippen LogP contribution in [0, 0.1) is 0 Å². The van der Waals surface area contributed by atoms with Gasteiger partial charge >= 0.3 is 0 Å². The van der Waals surface area contributed by atoms with E-state index in [9.17, 15) is 0 Å². The number of piperazine rings is 1. The summed E-state index contributed by atoms with van der Waals surface area (Å²) in [7, 11) is 0. The minimum absolute atomic E-state index is 0.990. The zero-order valence-electron chi connectivity index (χ0n) is 12.4. The molecule has 0 saturated carbocycles. The van der Waals surface area contributed by atoms with Crippen LogP contribution in [-0.4, -0.2) is 36.1 Å². The third kappa shape index (κ3) is 2.48. The fourth-order valence-electron chi connectivity index (χ4n) is 2.97. The summed E-state index contributed by atoms with van der Waals surface area (Å²) >= 11 is 0. The van der Waals surface area contributed by atoms with Crippen LogP contribution < -0.4 is 9.80 Å². The Morgan fingerprint density at radius 1 is 0.773 bits per heavy atom. The van der Waals surface area contributed by atoms with Crippen LogP contribution in [0.3, 0.4) is 0 Å². The molecule has 0 radical (unpaired) electrons. The van der Waals surface area contributed by atoms with Crippen molar-refractivity contribution < 1.29 is 0 Å². The maximum atomic E-state index is 4.57. The van der Waals surface area contributed by atoms with Gasteiger partial charge < -0.3 is 9.80 Å². The molecule has 0 atom stereocenters. The van der Waals surface area contributed by atoms with E-state index in [1.807, 2.05) is 30.6 Å². The summed E-state index contributed by atoms with van der Waals surface area (Å²) in [6.45, 7) is 3.97. The van der Waals surface area contributed by atoms with Crippen LogP contribution in [0.4, 0.5) is 11.5 Å². The second-order valence-electron chi connectivity index (χ2n) is 5.55. The summed E-state index contributed by atoms with van der Waals surface area (Å²) in [5, 5.41) is 1.20. The number of aromatic nitrogens is 2. The van der Waals surface area contributed by atoms with E-state index in [4.69, 9.17) is 0 Å². The molecule has 3 heterocycles. The SMILES string of the molecule is c1ccc(N2CCN(c3cnc4ccccc4c3)CC2)nc1. The predicted molar refractivity (Wildman–Crippen MR) is 90.4 cm³/mol. The van der Waals surface area contributed by atoms with E-state index in [-0.39, 0.29) is 0 Å². The zero-order chi connectivity index (χ0) is 14.8. The third-order valence-corrected chi connectivity index (χ3v) is 4.19. The fourth-order valence-corrected chi connectivity index (χ4v) is 2.97. The van der Waals surface area contributed by atoms with Gasteiger partial charge in [-0.2, -0.15) is 0 Å². The number of para-hydroxylation sites is 1. The smallest absolute Gasteiger partial charge is 0.128 e. The maximum Gasteiger partial charge on any atom is 0.128 e. The van der Waals surface area contributed by atoms with Gasteiger partial charge in [-0.3, -0.25) is 4.98 Å². The Morgan fingerprint density at radius 2 is 1.55 bits per heavy atom. The number of fused-ring (bicyclic) bond motifs is 1. The van der Waals surface area contributed by atoms with Crippen molar-refractivity contribution in [3.05, 3.63) is 60.9 Å². The van der Waals surface area contributed by atoms with Crippen molar-refractivity contribution in [3.8, 4) is 0 Å². The molecule has 22 heavy (non-hydrogen) atoms. The highest BCUT2D eigenvalue weighted by Gasteiger charge is 2.18. The average Bonchev–Trinajstić information content (AvgIpc) is 2.62. The van der Waals surface area contributed by atoms with Gasteiger partial charge in [0.25, 0.3) is 0 Å². The lowest BCUT2D eigenvalue weighted by Gasteiger charge is -2.36. The van der Waals surface area contributed by atoms with Crippen LogP contribution in [0.1, 0.15) is 0 Å². The van der Waals surface area contributed by atoms with E-state index in [0.717, 1.165) is 37.5 Å². The standard InChI is InChI=1S/C18H18N4/c1-2-6-17-15(5-1)13-16(14-20-17)21-9-11-22(12-10-21)18-7-3-4-8-19-18/h1-8,13-14H,9-12H2. The molecule has 0 amide bonds. The quantitative estimate of drug-likeness (QED) is 0.726. The molecular formula is C18H18N4. The Morgan fingerprint density at radius 3 is 2.36 bits per heavy atom. The second-order valence-corrected chi connectivity index (χ2v) is 5.55. The number of benzene rings is 1. The molecule has 110 valence electrons. The van der Waals surface area contributed by atoms with Crippen LogP contribution >= 0.6 is 0 Å². The number of nitrogens with zero attached hydrogens (tertiary/aromatic N) is 4. The molecule has 4 nitrogen and oxygen atoms in total. The molecule has 1 aromatic carbocycles. The van der Waals surface area contributed by atoms with Gasteiger partial charge in [-0.05, 0) is 24.3 Å². The van der Waals surface area contributed by atoms with Crippen molar-refractivity contribution >= 4 is 22.4 Å². The van der Waals surface area contributed by atoms with Crippen molar-refractivity contribution in [1.82, 2.24) is 9.97 Å². The van der Waals surface area contributed by atoms with E-state index in [1.165, 1.54) is 11.1 Å². The monoisotopic (exact) mass is 290 g/mol. The van der Waals surface area contributed by atoms with E-state index in [2.05, 4.69) is 50.1 Å². The van der Waals surface area contributed by atoms with Gasteiger partial charge in [-0.15, -0.1) is 0 Å². The molecule has 0 aliphatic carbocycles. The predicted octanol–water partition coefficient (Wildman–Crippen LogP) is 2.96. The number of hydrogen-bond acceptors (Lipinski definition) is 4. The topological polar surface area (TPSA) is 32.3 Å². The van der Waals surface area contributed by atoms with E-state index in [0.29, 0.717) is 0 Å². The molecule has 0 unspecified atom stereocenters. The van der Waals surface area contributed by atoms with Crippen LogP contribution in [-0.2, 0) is 0 Å². The van der Waals surface area contributed by atoms with Crippen molar-refractivity contribution in [1.29, 1.82) is 0 Å². The molecule has 0 bridgehead atoms. The molecule has 0 N–H and O–H groups in total. The van der Waals surface area contributed by atoms with Crippen LogP contribution in [0.25, 0.3) is 10.9 Å². The van der Waals surface area contributed by atoms with Crippen molar-refractivity contribution in [3.63, 3.8) is 0 Å².